The second-order valence-electron chi connectivity index (χ2n) is 6.19. The Bertz CT molecular complexity index is 922. The number of benzene rings is 2. The molecular weight excluding hydrogens is 338 g/mol. The minimum absolute atomic E-state index is 0.0462. The number of carbonyl (C=O) groups excluding carboxylic acids is 2. The van der Waals surface area contributed by atoms with Crippen LogP contribution in [0, 0.1) is 0 Å². The molecule has 0 aliphatic rings. The fourth-order valence-corrected chi connectivity index (χ4v) is 2.64. The lowest BCUT2D eigenvalue weighted by atomic mass is 10.1. The molecule has 0 aliphatic heterocycles. The first-order valence-electron chi connectivity index (χ1n) is 8.78. The zero-order chi connectivity index (χ0) is 19.1. The highest BCUT2D eigenvalue weighted by molar-refractivity contribution is 6.04. The Kier molecular flexibility index (Phi) is 5.94. The molecule has 0 unspecified atom stereocenters. The van der Waals surface area contributed by atoms with Gasteiger partial charge in [0.1, 0.15) is 5.69 Å². The van der Waals surface area contributed by atoms with Crippen LogP contribution >= 0.6 is 0 Å². The number of ketones is 1. The summed E-state index contributed by atoms with van der Waals surface area (Å²) >= 11 is 0. The van der Waals surface area contributed by atoms with Crippen molar-refractivity contribution in [2.75, 3.05) is 17.2 Å². The van der Waals surface area contributed by atoms with Gasteiger partial charge in [-0.2, -0.15) is 0 Å². The van der Waals surface area contributed by atoms with E-state index in [2.05, 4.69) is 27.8 Å². The summed E-state index contributed by atoms with van der Waals surface area (Å²) in [5.74, 6) is -0.360. The first-order valence-corrected chi connectivity index (χ1v) is 8.78. The average Bonchev–Trinajstić information content (AvgIpc) is 2.69. The fourth-order valence-electron chi connectivity index (χ4n) is 2.64. The van der Waals surface area contributed by atoms with Crippen molar-refractivity contribution in [3.8, 4) is 0 Å². The number of hydrogen-bond donors (Lipinski definition) is 2. The van der Waals surface area contributed by atoms with Crippen molar-refractivity contribution < 1.29 is 9.59 Å². The molecule has 136 valence electrons. The smallest absolute Gasteiger partial charge is 0.274 e. The lowest BCUT2D eigenvalue weighted by molar-refractivity contribution is 0.100. The van der Waals surface area contributed by atoms with Crippen molar-refractivity contribution in [1.82, 2.24) is 4.98 Å². The van der Waals surface area contributed by atoms with E-state index in [1.807, 2.05) is 24.3 Å². The number of rotatable bonds is 7. The molecule has 0 radical (unpaired) electrons. The molecule has 0 atom stereocenters. The summed E-state index contributed by atoms with van der Waals surface area (Å²) in [5.41, 5.74) is 3.57. The van der Waals surface area contributed by atoms with Crippen LogP contribution in [0.5, 0.6) is 0 Å². The zero-order valence-corrected chi connectivity index (χ0v) is 15.1. The standard InChI is InChI=1S/C22H21N3O2/c1-16(26)18-8-5-9-19(14-18)25-22(27)21-11-10-20(15-24-21)23-13-12-17-6-3-2-4-7-17/h2-11,14-15,23H,12-13H2,1H3,(H,25,27). The third kappa shape index (κ3) is 5.25. The number of aromatic nitrogens is 1. The molecule has 3 aromatic rings. The topological polar surface area (TPSA) is 71.1 Å². The lowest BCUT2D eigenvalue weighted by Gasteiger charge is -2.08. The van der Waals surface area contributed by atoms with Crippen LogP contribution in [0.3, 0.4) is 0 Å². The number of amides is 1. The van der Waals surface area contributed by atoms with Crippen molar-refractivity contribution in [1.29, 1.82) is 0 Å². The van der Waals surface area contributed by atoms with Crippen LogP contribution in [-0.4, -0.2) is 23.2 Å². The van der Waals surface area contributed by atoms with Gasteiger partial charge in [-0.15, -0.1) is 0 Å². The number of Topliss-reactive ketones (excluding diaryl/α,β-unsaturated/α-hetero) is 1. The minimum Gasteiger partial charge on any atom is -0.383 e. The number of pyridine rings is 1. The van der Waals surface area contributed by atoms with Crippen molar-refractivity contribution in [3.63, 3.8) is 0 Å². The van der Waals surface area contributed by atoms with E-state index in [4.69, 9.17) is 0 Å². The average molecular weight is 359 g/mol. The summed E-state index contributed by atoms with van der Waals surface area (Å²) in [5, 5.41) is 6.06. The molecule has 0 spiro atoms. The zero-order valence-electron chi connectivity index (χ0n) is 15.1. The maximum absolute atomic E-state index is 12.3. The molecule has 0 aliphatic carbocycles. The van der Waals surface area contributed by atoms with E-state index in [0.29, 0.717) is 16.9 Å². The molecular formula is C22H21N3O2. The van der Waals surface area contributed by atoms with E-state index in [-0.39, 0.29) is 11.7 Å². The Hall–Kier alpha value is -3.47. The molecule has 0 saturated heterocycles. The third-order valence-corrected chi connectivity index (χ3v) is 4.11. The van der Waals surface area contributed by atoms with Gasteiger partial charge in [0.25, 0.3) is 5.91 Å². The molecule has 2 aromatic carbocycles. The predicted molar refractivity (Wildman–Crippen MR) is 107 cm³/mol. The lowest BCUT2D eigenvalue weighted by Crippen LogP contribution is -2.14. The molecule has 0 saturated carbocycles. The van der Waals surface area contributed by atoms with Crippen LogP contribution in [0.15, 0.2) is 72.9 Å². The third-order valence-electron chi connectivity index (χ3n) is 4.11. The number of carbonyl (C=O) groups is 2. The normalized spacial score (nSPS) is 10.3. The minimum atomic E-state index is -0.313. The monoisotopic (exact) mass is 359 g/mol. The fraction of sp³-hybridized carbons (Fsp3) is 0.136. The number of anilines is 2. The van der Waals surface area contributed by atoms with Gasteiger partial charge >= 0.3 is 0 Å². The van der Waals surface area contributed by atoms with Crippen molar-refractivity contribution in [3.05, 3.63) is 89.7 Å². The van der Waals surface area contributed by atoms with Gasteiger partial charge in [-0.1, -0.05) is 42.5 Å². The molecule has 5 nitrogen and oxygen atoms in total. The second kappa shape index (κ2) is 8.76. The first-order chi connectivity index (χ1) is 13.1. The highest BCUT2D eigenvalue weighted by Gasteiger charge is 2.09. The molecule has 5 heteroatoms. The maximum Gasteiger partial charge on any atom is 0.274 e. The van der Waals surface area contributed by atoms with Crippen molar-refractivity contribution in [2.24, 2.45) is 0 Å². The molecule has 27 heavy (non-hydrogen) atoms. The summed E-state index contributed by atoms with van der Waals surface area (Å²) in [7, 11) is 0. The van der Waals surface area contributed by atoms with E-state index in [9.17, 15) is 9.59 Å². The van der Waals surface area contributed by atoms with Gasteiger partial charge in [-0.25, -0.2) is 4.98 Å². The summed E-state index contributed by atoms with van der Waals surface area (Å²) in [6, 6.07) is 20.6. The Morgan fingerprint density at radius 2 is 1.74 bits per heavy atom. The molecule has 0 bridgehead atoms. The quantitative estimate of drug-likeness (QED) is 0.621. The van der Waals surface area contributed by atoms with E-state index in [1.165, 1.54) is 12.5 Å². The van der Waals surface area contributed by atoms with Gasteiger partial charge in [0.05, 0.1) is 11.9 Å². The van der Waals surface area contributed by atoms with Crippen LogP contribution in [0.4, 0.5) is 11.4 Å². The van der Waals surface area contributed by atoms with Crippen molar-refractivity contribution in [2.45, 2.75) is 13.3 Å². The van der Waals surface area contributed by atoms with Gasteiger partial charge in [-0.3, -0.25) is 9.59 Å². The van der Waals surface area contributed by atoms with Gasteiger partial charge in [-0.05, 0) is 43.2 Å². The number of hydrogen-bond acceptors (Lipinski definition) is 4. The Labute approximate surface area is 158 Å². The highest BCUT2D eigenvalue weighted by atomic mass is 16.2. The van der Waals surface area contributed by atoms with Crippen LogP contribution in [0.25, 0.3) is 0 Å². The molecule has 1 amide bonds. The molecule has 2 N–H and O–H groups in total. The van der Waals surface area contributed by atoms with Gasteiger partial charge < -0.3 is 10.6 Å². The second-order valence-corrected chi connectivity index (χ2v) is 6.19. The SMILES string of the molecule is CC(=O)c1cccc(NC(=O)c2ccc(NCCc3ccccc3)cn2)c1. The van der Waals surface area contributed by atoms with E-state index in [1.54, 1.807) is 36.5 Å². The predicted octanol–water partition coefficient (Wildman–Crippen LogP) is 4.19. The molecule has 1 aromatic heterocycles. The van der Waals surface area contributed by atoms with Crippen LogP contribution in [0.1, 0.15) is 33.3 Å². The molecule has 1 heterocycles. The first kappa shape index (κ1) is 18.3. The van der Waals surface area contributed by atoms with Gasteiger partial charge in [0.15, 0.2) is 5.78 Å². The number of nitrogens with zero attached hydrogens (tertiary/aromatic N) is 1. The molecule has 3 rings (SSSR count). The Morgan fingerprint density at radius 1 is 0.926 bits per heavy atom. The Morgan fingerprint density at radius 3 is 2.44 bits per heavy atom. The van der Waals surface area contributed by atoms with Crippen LogP contribution in [-0.2, 0) is 6.42 Å². The largest absolute Gasteiger partial charge is 0.383 e. The van der Waals surface area contributed by atoms with Gasteiger partial charge in [0.2, 0.25) is 0 Å². The highest BCUT2D eigenvalue weighted by Crippen LogP contribution is 2.13. The summed E-state index contributed by atoms with van der Waals surface area (Å²) in [6.45, 7) is 2.28. The summed E-state index contributed by atoms with van der Waals surface area (Å²) in [4.78, 5) is 28.0. The van der Waals surface area contributed by atoms with Crippen LogP contribution in [0.2, 0.25) is 0 Å². The van der Waals surface area contributed by atoms with E-state index < -0.39 is 0 Å². The van der Waals surface area contributed by atoms with E-state index in [0.717, 1.165) is 18.7 Å². The van der Waals surface area contributed by atoms with E-state index >= 15 is 0 Å². The number of nitrogens with one attached hydrogen (secondary N) is 2. The summed E-state index contributed by atoms with van der Waals surface area (Å²) < 4.78 is 0. The molecule has 0 fully saturated rings. The van der Waals surface area contributed by atoms with Crippen LogP contribution < -0.4 is 10.6 Å². The van der Waals surface area contributed by atoms with Gasteiger partial charge in [0, 0.05) is 17.8 Å². The maximum atomic E-state index is 12.3. The Balaban J connectivity index is 1.55. The van der Waals surface area contributed by atoms with Crippen molar-refractivity contribution >= 4 is 23.1 Å². The summed E-state index contributed by atoms with van der Waals surface area (Å²) in [6.07, 6.45) is 2.56.